The Morgan fingerprint density at radius 1 is 0.793 bits per heavy atom. The quantitative estimate of drug-likeness (QED) is 0.257. The van der Waals surface area contributed by atoms with Gasteiger partial charge in [-0.05, 0) is 24.6 Å². The highest BCUT2D eigenvalue weighted by atomic mass is 35.5. The number of hydrogen-bond acceptors (Lipinski definition) is 3. The van der Waals surface area contributed by atoms with Crippen LogP contribution in [0.4, 0.5) is 0 Å². The Kier molecular flexibility index (Phi) is 12.0. The van der Waals surface area contributed by atoms with E-state index in [1.54, 1.807) is 18.2 Å². The Hall–Kier alpha value is -1.35. The van der Waals surface area contributed by atoms with Gasteiger partial charge in [-0.1, -0.05) is 108 Å². The van der Waals surface area contributed by atoms with Gasteiger partial charge in [0, 0.05) is 11.4 Å². The van der Waals surface area contributed by atoms with Crippen molar-refractivity contribution < 1.29 is 4.42 Å². The first-order valence-corrected chi connectivity index (χ1v) is 12.2. The van der Waals surface area contributed by atoms with E-state index < -0.39 is 0 Å². The monoisotopic (exact) mass is 419 g/mol. The maximum absolute atomic E-state index is 12.0. The van der Waals surface area contributed by atoms with Crippen LogP contribution >= 0.6 is 11.6 Å². The van der Waals surface area contributed by atoms with Crippen molar-refractivity contribution in [3.63, 3.8) is 0 Å². The minimum atomic E-state index is -0.317. The van der Waals surface area contributed by atoms with Crippen molar-refractivity contribution >= 4 is 22.5 Å². The van der Waals surface area contributed by atoms with Gasteiger partial charge in [0.1, 0.15) is 0 Å². The fourth-order valence-electron chi connectivity index (χ4n) is 3.84. The molecule has 3 nitrogen and oxygen atoms in total. The van der Waals surface area contributed by atoms with Crippen molar-refractivity contribution in [2.24, 2.45) is 0 Å². The molecule has 0 atom stereocenters. The Balaban J connectivity index is 1.46. The lowest BCUT2D eigenvalue weighted by Gasteiger charge is -2.04. The number of aromatic nitrogens is 1. The van der Waals surface area contributed by atoms with Crippen LogP contribution in [-0.4, -0.2) is 4.98 Å². The summed E-state index contributed by atoms with van der Waals surface area (Å²) in [6, 6.07) is 5.09. The molecule has 0 radical (unpaired) electrons. The van der Waals surface area contributed by atoms with Crippen molar-refractivity contribution in [2.45, 2.75) is 110 Å². The molecule has 162 valence electrons. The van der Waals surface area contributed by atoms with Crippen LogP contribution in [-0.2, 0) is 6.42 Å². The fraction of sp³-hybridized carbons (Fsp3) is 0.680. The number of fused-ring (bicyclic) bond motifs is 1. The van der Waals surface area contributed by atoms with E-state index in [1.807, 2.05) is 0 Å². The first kappa shape index (κ1) is 23.9. The number of unbranched alkanes of at least 4 members (excludes halogenated alkanes) is 14. The minimum Gasteiger partial charge on any atom is -0.408 e. The van der Waals surface area contributed by atoms with E-state index in [0.717, 1.165) is 19.3 Å². The van der Waals surface area contributed by atoms with E-state index in [2.05, 4.69) is 11.9 Å². The highest BCUT2D eigenvalue weighted by molar-refractivity contribution is 6.31. The maximum atomic E-state index is 12.0. The van der Waals surface area contributed by atoms with Gasteiger partial charge >= 0.3 is 5.63 Å². The van der Waals surface area contributed by atoms with E-state index >= 15 is 0 Å². The second-order valence-corrected chi connectivity index (χ2v) is 8.69. The molecule has 0 N–H and O–H groups in total. The minimum absolute atomic E-state index is 0.317. The average Bonchev–Trinajstić information content (AvgIpc) is 2.70. The lowest BCUT2D eigenvalue weighted by molar-refractivity contribution is 0.433. The molecule has 0 amide bonds. The molecular weight excluding hydrogens is 382 g/mol. The maximum Gasteiger partial charge on any atom is 0.346 e. The topological polar surface area (TPSA) is 43.1 Å². The van der Waals surface area contributed by atoms with Gasteiger partial charge < -0.3 is 4.42 Å². The number of rotatable bonds is 16. The Morgan fingerprint density at radius 2 is 1.31 bits per heavy atom. The molecule has 1 aromatic carbocycles. The average molecular weight is 420 g/mol. The zero-order valence-corrected chi connectivity index (χ0v) is 18.9. The highest BCUT2D eigenvalue weighted by Gasteiger charge is 2.06. The third-order valence-electron chi connectivity index (χ3n) is 5.63. The molecule has 29 heavy (non-hydrogen) atoms. The molecule has 0 fully saturated rings. The van der Waals surface area contributed by atoms with Crippen molar-refractivity contribution in [3.05, 3.63) is 39.5 Å². The van der Waals surface area contributed by atoms with Gasteiger partial charge in [0.15, 0.2) is 5.89 Å². The Morgan fingerprint density at radius 3 is 1.86 bits per heavy atom. The van der Waals surface area contributed by atoms with Crippen molar-refractivity contribution in [2.75, 3.05) is 0 Å². The van der Waals surface area contributed by atoms with Crippen LogP contribution in [0, 0.1) is 0 Å². The molecule has 0 unspecified atom stereocenters. The Labute approximate surface area is 181 Å². The summed E-state index contributed by atoms with van der Waals surface area (Å²) in [5.41, 5.74) is 0.312. The molecule has 1 heterocycles. The van der Waals surface area contributed by atoms with Crippen LogP contribution in [0.15, 0.2) is 27.4 Å². The van der Waals surface area contributed by atoms with Crippen LogP contribution < -0.4 is 5.63 Å². The Bertz CT molecular complexity index is 756. The van der Waals surface area contributed by atoms with Crippen LogP contribution in [0.25, 0.3) is 10.9 Å². The van der Waals surface area contributed by atoms with Gasteiger partial charge in [0.2, 0.25) is 0 Å². The molecule has 0 aliphatic carbocycles. The van der Waals surface area contributed by atoms with Crippen molar-refractivity contribution in [1.29, 1.82) is 0 Å². The molecular formula is C25H38ClNO2. The first-order chi connectivity index (χ1) is 14.2. The van der Waals surface area contributed by atoms with E-state index in [9.17, 15) is 4.79 Å². The number of halogens is 1. The van der Waals surface area contributed by atoms with Gasteiger partial charge in [-0.2, -0.15) is 0 Å². The number of aryl methyl sites for hydroxylation is 1. The molecule has 0 spiro atoms. The second-order valence-electron chi connectivity index (χ2n) is 8.26. The largest absolute Gasteiger partial charge is 0.408 e. The lowest BCUT2D eigenvalue weighted by Crippen LogP contribution is -2.05. The molecule has 0 aliphatic rings. The normalized spacial score (nSPS) is 11.4. The molecule has 0 saturated heterocycles. The summed E-state index contributed by atoms with van der Waals surface area (Å²) in [6.07, 6.45) is 20.8. The number of nitrogens with zero attached hydrogens (tertiary/aromatic N) is 1. The predicted molar refractivity (Wildman–Crippen MR) is 124 cm³/mol. The number of benzene rings is 1. The molecule has 0 aliphatic heterocycles. The van der Waals surface area contributed by atoms with Crippen LogP contribution in [0.2, 0.25) is 5.02 Å². The standard InChI is InChI=1S/C25H38ClNO2/c1-2-3-4-5-6-7-8-9-10-11-12-13-14-15-16-17-24-27-23-20-21(26)18-19-22(23)25(28)29-24/h18-20H,2-17H2,1H3. The van der Waals surface area contributed by atoms with Gasteiger partial charge in [-0.15, -0.1) is 0 Å². The summed E-state index contributed by atoms with van der Waals surface area (Å²) in [6.45, 7) is 2.28. The predicted octanol–water partition coefficient (Wildman–Crippen LogP) is 8.26. The summed E-state index contributed by atoms with van der Waals surface area (Å²) < 4.78 is 5.34. The fourth-order valence-corrected chi connectivity index (χ4v) is 4.01. The smallest absolute Gasteiger partial charge is 0.346 e. The molecule has 0 saturated carbocycles. The summed E-state index contributed by atoms with van der Waals surface area (Å²) >= 11 is 6.00. The van der Waals surface area contributed by atoms with E-state index in [1.165, 1.54) is 83.5 Å². The third-order valence-corrected chi connectivity index (χ3v) is 5.86. The van der Waals surface area contributed by atoms with Crippen molar-refractivity contribution in [3.8, 4) is 0 Å². The summed E-state index contributed by atoms with van der Waals surface area (Å²) in [5, 5.41) is 1.09. The van der Waals surface area contributed by atoms with Crippen molar-refractivity contribution in [1.82, 2.24) is 4.98 Å². The summed E-state index contributed by atoms with van der Waals surface area (Å²) in [4.78, 5) is 16.5. The van der Waals surface area contributed by atoms with E-state index in [0.29, 0.717) is 21.8 Å². The zero-order chi connectivity index (χ0) is 20.7. The molecule has 1 aromatic heterocycles. The summed E-state index contributed by atoms with van der Waals surface area (Å²) in [5.74, 6) is 0.527. The second kappa shape index (κ2) is 14.6. The van der Waals surface area contributed by atoms with Gasteiger partial charge in [-0.25, -0.2) is 9.78 Å². The lowest BCUT2D eigenvalue weighted by atomic mass is 10.0. The molecule has 2 aromatic rings. The van der Waals surface area contributed by atoms with Gasteiger partial charge in [0.05, 0.1) is 10.9 Å². The number of hydrogen-bond donors (Lipinski definition) is 0. The third kappa shape index (κ3) is 9.80. The molecule has 2 rings (SSSR count). The van der Waals surface area contributed by atoms with E-state index in [4.69, 9.17) is 16.0 Å². The first-order valence-electron chi connectivity index (χ1n) is 11.8. The van der Waals surface area contributed by atoms with Gasteiger partial charge in [0.25, 0.3) is 0 Å². The SMILES string of the molecule is CCCCCCCCCCCCCCCCCc1nc2cc(Cl)ccc2c(=O)o1. The van der Waals surface area contributed by atoms with Crippen LogP contribution in [0.5, 0.6) is 0 Å². The van der Waals surface area contributed by atoms with E-state index in [-0.39, 0.29) is 5.63 Å². The van der Waals surface area contributed by atoms with Crippen LogP contribution in [0.3, 0.4) is 0 Å². The highest BCUT2D eigenvalue weighted by Crippen LogP contribution is 2.17. The zero-order valence-electron chi connectivity index (χ0n) is 18.2. The summed E-state index contributed by atoms with van der Waals surface area (Å²) in [7, 11) is 0. The van der Waals surface area contributed by atoms with Crippen LogP contribution in [0.1, 0.15) is 109 Å². The molecule has 4 heteroatoms. The van der Waals surface area contributed by atoms with Gasteiger partial charge in [-0.3, -0.25) is 0 Å². The molecule has 0 bridgehead atoms.